The monoisotopic (exact) mass is 696 g/mol. The van der Waals surface area contributed by atoms with Crippen molar-refractivity contribution in [3.63, 3.8) is 0 Å². The summed E-state index contributed by atoms with van der Waals surface area (Å²) >= 11 is 11.6. The molecule has 2 saturated heterocycles. The second kappa shape index (κ2) is 17.1. The zero-order valence-electron chi connectivity index (χ0n) is 21.9. The number of benzene rings is 3. The minimum Gasteiger partial charge on any atom is -0.445 e. The second-order valence-corrected chi connectivity index (χ2v) is 9.75. The van der Waals surface area contributed by atoms with E-state index in [9.17, 15) is 14.4 Å². The van der Waals surface area contributed by atoms with Crippen LogP contribution < -0.4 is 20.9 Å². The minimum absolute atomic E-state index is 0. The number of nitrogens with two attached hydrogens (primary N) is 1. The van der Waals surface area contributed by atoms with Gasteiger partial charge in [0.05, 0.1) is 6.04 Å². The molecule has 3 amide bonds. The maximum Gasteiger partial charge on any atom is 0.408 e. The Bertz CT molecular complexity index is 1270. The van der Waals surface area contributed by atoms with Crippen molar-refractivity contribution in [1.82, 2.24) is 5.32 Å². The van der Waals surface area contributed by atoms with Gasteiger partial charge in [-0.05, 0) is 66.9 Å². The Morgan fingerprint density at radius 3 is 1.78 bits per heavy atom. The van der Waals surface area contributed by atoms with Gasteiger partial charge in [-0.1, -0.05) is 53.5 Å². The number of carbonyl (C=O) groups is 3. The van der Waals surface area contributed by atoms with E-state index in [2.05, 4.69) is 5.32 Å². The molecule has 2 atom stereocenters. The number of nitrogens with zero attached hydrogens (tertiary/aromatic N) is 2. The summed E-state index contributed by atoms with van der Waals surface area (Å²) in [6, 6.07) is 22.7. The Kier molecular flexibility index (Phi) is 15.0. The molecule has 0 unspecified atom stereocenters. The first-order chi connectivity index (χ1) is 18.3. The van der Waals surface area contributed by atoms with Gasteiger partial charge in [0.25, 0.3) is 0 Å². The number of anilines is 2. The summed E-state index contributed by atoms with van der Waals surface area (Å²) in [6.45, 7) is 1.42. The Morgan fingerprint density at radius 2 is 1.29 bits per heavy atom. The Morgan fingerprint density at radius 1 is 0.805 bits per heavy atom. The molecule has 2 fully saturated rings. The van der Waals surface area contributed by atoms with Gasteiger partial charge in [0, 0.05) is 54.9 Å². The molecule has 2 aliphatic heterocycles. The fraction of sp³-hybridized carbons (Fsp3) is 0.250. The van der Waals surface area contributed by atoms with E-state index in [0.717, 1.165) is 23.4 Å². The normalized spacial score (nSPS) is 17.3. The molecule has 7 N–H and O–H groups in total. The summed E-state index contributed by atoms with van der Waals surface area (Å²) in [6.07, 6.45) is 0.679. The molecule has 2 heterocycles. The van der Waals surface area contributed by atoms with Crippen molar-refractivity contribution in [2.75, 3.05) is 22.9 Å². The topological polar surface area (TPSA) is 168 Å². The number of rotatable bonds is 5. The quantitative estimate of drug-likeness (QED) is 0.390. The van der Waals surface area contributed by atoms with E-state index in [-0.39, 0.29) is 55.8 Å². The smallest absolute Gasteiger partial charge is 0.408 e. The third-order valence-corrected chi connectivity index (χ3v) is 6.74. The first-order valence-electron chi connectivity index (χ1n) is 12.2. The van der Waals surface area contributed by atoms with Crippen molar-refractivity contribution in [3.05, 3.63) is 94.5 Å². The van der Waals surface area contributed by atoms with Crippen molar-refractivity contribution < 1.29 is 50.5 Å². The average molecular weight is 698 g/mol. The number of ether oxygens (including phenoxy) is 1. The first kappa shape index (κ1) is 36.0. The number of halogens is 2. The van der Waals surface area contributed by atoms with Crippen LogP contribution in [0.1, 0.15) is 18.4 Å². The van der Waals surface area contributed by atoms with Crippen molar-refractivity contribution in [1.29, 1.82) is 0 Å². The van der Waals surface area contributed by atoms with Gasteiger partial charge < -0.3 is 36.5 Å². The summed E-state index contributed by atoms with van der Waals surface area (Å²) in [5.74, 6) is -0.152. The summed E-state index contributed by atoms with van der Waals surface area (Å²) in [4.78, 5) is 39.2. The van der Waals surface area contributed by atoms with Crippen LogP contribution in [-0.4, -0.2) is 54.0 Å². The molecule has 41 heavy (non-hydrogen) atoms. The fourth-order valence-electron chi connectivity index (χ4n) is 4.18. The van der Waals surface area contributed by atoms with Crippen LogP contribution in [0.4, 0.5) is 16.2 Å². The van der Waals surface area contributed by atoms with E-state index in [1.165, 1.54) is 0 Å². The molecular formula is C28H32Cl2N4O6Pd. The summed E-state index contributed by atoms with van der Waals surface area (Å²) in [5, 5.41) is 3.92. The third kappa shape index (κ3) is 9.80. The largest absolute Gasteiger partial charge is 0.445 e. The van der Waals surface area contributed by atoms with E-state index >= 15 is 0 Å². The van der Waals surface area contributed by atoms with Crippen LogP contribution in [0.25, 0.3) is 0 Å². The third-order valence-electron chi connectivity index (χ3n) is 6.23. The molecule has 5 rings (SSSR count). The van der Waals surface area contributed by atoms with Crippen LogP contribution in [0.5, 0.6) is 0 Å². The maximum absolute atomic E-state index is 12.4. The zero-order valence-corrected chi connectivity index (χ0v) is 24.9. The van der Waals surface area contributed by atoms with Gasteiger partial charge in [0.2, 0.25) is 11.8 Å². The Balaban J connectivity index is 0.000000427. The van der Waals surface area contributed by atoms with E-state index in [1.54, 1.807) is 46.2 Å². The maximum atomic E-state index is 12.4. The van der Waals surface area contributed by atoms with Crippen LogP contribution in [0.3, 0.4) is 0 Å². The zero-order chi connectivity index (χ0) is 27.1. The van der Waals surface area contributed by atoms with Crippen molar-refractivity contribution in [2.24, 2.45) is 5.73 Å². The molecule has 0 radical (unpaired) electrons. The van der Waals surface area contributed by atoms with Gasteiger partial charge in [-0.15, -0.1) is 0 Å². The predicted octanol–water partition coefficient (Wildman–Crippen LogP) is 3.12. The van der Waals surface area contributed by atoms with Gasteiger partial charge >= 0.3 is 6.09 Å². The van der Waals surface area contributed by atoms with Gasteiger partial charge in [0.1, 0.15) is 12.6 Å². The second-order valence-electron chi connectivity index (χ2n) is 8.88. The molecule has 0 spiro atoms. The van der Waals surface area contributed by atoms with Gasteiger partial charge in [-0.25, -0.2) is 4.79 Å². The molecule has 2 aliphatic rings. The molecule has 3 aromatic carbocycles. The number of carbonyl (C=O) groups excluding carboxylic acids is 3. The van der Waals surface area contributed by atoms with E-state index in [0.29, 0.717) is 29.6 Å². The van der Waals surface area contributed by atoms with E-state index < -0.39 is 12.1 Å². The standard InChI is InChI=1S/C18H17ClN2O3.C10H11ClN2O.2H2O.Pd/c19-14-6-8-15(9-7-14)21-11-10-16(17(21)22)20-18(23)24-12-13-4-2-1-3-5-13;11-7-1-3-8(4-2-7)13-6-5-9(12)10(13)14;;;/h1-9,16H,10-12H2,(H,20,23);1-4,9H,5-6,12H2;2*1H2;/t16-;9-;;;/m11.../s1. The van der Waals surface area contributed by atoms with E-state index in [1.807, 2.05) is 42.5 Å². The van der Waals surface area contributed by atoms with Gasteiger partial charge in [0.15, 0.2) is 0 Å². The first-order valence-corrected chi connectivity index (χ1v) is 12.9. The summed E-state index contributed by atoms with van der Waals surface area (Å²) < 4.78 is 5.16. The number of hydrogen-bond acceptors (Lipinski definition) is 5. The number of hydrogen-bond donors (Lipinski definition) is 2. The molecule has 10 nitrogen and oxygen atoms in total. The van der Waals surface area contributed by atoms with Crippen molar-refractivity contribution >= 4 is 52.5 Å². The van der Waals surface area contributed by atoms with Crippen LogP contribution in [0.2, 0.25) is 10.0 Å². The van der Waals surface area contributed by atoms with Gasteiger partial charge in [-0.2, -0.15) is 0 Å². The van der Waals surface area contributed by atoms with Crippen LogP contribution >= 0.6 is 23.2 Å². The predicted molar refractivity (Wildman–Crippen MR) is 156 cm³/mol. The van der Waals surface area contributed by atoms with E-state index in [4.69, 9.17) is 33.7 Å². The van der Waals surface area contributed by atoms with Crippen LogP contribution in [0.15, 0.2) is 78.9 Å². The molecule has 3 aromatic rings. The molecule has 0 aliphatic carbocycles. The molecule has 0 bridgehead atoms. The van der Waals surface area contributed by atoms with Crippen molar-refractivity contribution in [3.8, 4) is 0 Å². The Hall–Kier alpha value is -3.01. The van der Waals surface area contributed by atoms with Gasteiger partial charge in [-0.3, -0.25) is 9.59 Å². The molecule has 0 saturated carbocycles. The fourth-order valence-corrected chi connectivity index (χ4v) is 4.43. The molecular weight excluding hydrogens is 666 g/mol. The minimum atomic E-state index is -0.588. The SMILES string of the molecule is N[C@@H]1CCN(c2ccc(Cl)cc2)C1=O.O.O.O=C(N[C@@H]1CCN(c2ccc(Cl)cc2)C1=O)OCc1ccccc1.[Pd]. The van der Waals surface area contributed by atoms with Crippen LogP contribution in [-0.2, 0) is 41.4 Å². The molecule has 0 aromatic heterocycles. The number of nitrogens with one attached hydrogen (secondary N) is 1. The molecule has 13 heteroatoms. The number of alkyl carbamates (subject to hydrolysis) is 1. The van der Waals surface area contributed by atoms with Crippen molar-refractivity contribution in [2.45, 2.75) is 31.5 Å². The summed E-state index contributed by atoms with van der Waals surface area (Å²) in [7, 11) is 0. The average Bonchev–Trinajstić information content (AvgIpc) is 3.46. The molecule has 224 valence electrons. The summed E-state index contributed by atoms with van der Waals surface area (Å²) in [5.41, 5.74) is 8.15. The number of amides is 3. The van der Waals surface area contributed by atoms with Crippen LogP contribution in [0, 0.1) is 0 Å². The Labute approximate surface area is 262 Å².